The average Bonchev–Trinajstić information content (AvgIpc) is 2.92. The van der Waals surface area contributed by atoms with E-state index in [9.17, 15) is 4.79 Å². The lowest BCUT2D eigenvalue weighted by Crippen LogP contribution is -2.36. The lowest BCUT2D eigenvalue weighted by Gasteiger charge is -2.22. The Morgan fingerprint density at radius 3 is 2.60 bits per heavy atom. The molecule has 1 aromatic carbocycles. The number of thioether (sulfide) groups is 1. The molecule has 1 amide bonds. The van der Waals surface area contributed by atoms with Gasteiger partial charge in [-0.1, -0.05) is 11.6 Å². The summed E-state index contributed by atoms with van der Waals surface area (Å²) in [6.45, 7) is 6.03. The zero-order valence-electron chi connectivity index (χ0n) is 18.0. The predicted octanol–water partition coefficient (Wildman–Crippen LogP) is 3.23. The standard InChI is InChI=1S/C21H29ClN4O3S/c1-15-17(21(22)24(2)23-15)13-25-8-5-9-26(11-10-25)20(27)14-30-16-6-7-18(28-3)19(12-16)29-4/h6-7,12H,5,8-11,13-14H2,1-4H3. The van der Waals surface area contributed by atoms with Gasteiger partial charge < -0.3 is 14.4 Å². The maximum absolute atomic E-state index is 12.8. The molecule has 2 heterocycles. The fourth-order valence-electron chi connectivity index (χ4n) is 3.60. The summed E-state index contributed by atoms with van der Waals surface area (Å²) in [5, 5.41) is 5.08. The van der Waals surface area contributed by atoms with Gasteiger partial charge in [0, 0.05) is 50.2 Å². The summed E-state index contributed by atoms with van der Waals surface area (Å²) in [6.07, 6.45) is 0.948. The van der Waals surface area contributed by atoms with E-state index >= 15 is 0 Å². The van der Waals surface area contributed by atoms with E-state index < -0.39 is 0 Å². The van der Waals surface area contributed by atoms with Gasteiger partial charge in [0.25, 0.3) is 0 Å². The Hall–Kier alpha value is -1.90. The highest BCUT2D eigenvalue weighted by Crippen LogP contribution is 2.32. The Kier molecular flexibility index (Phi) is 7.91. The first-order valence-electron chi connectivity index (χ1n) is 9.95. The Morgan fingerprint density at radius 2 is 1.93 bits per heavy atom. The molecule has 0 radical (unpaired) electrons. The first-order valence-corrected chi connectivity index (χ1v) is 11.3. The van der Waals surface area contributed by atoms with Crippen molar-refractivity contribution in [1.29, 1.82) is 0 Å². The van der Waals surface area contributed by atoms with Crippen LogP contribution < -0.4 is 9.47 Å². The molecular weight excluding hydrogens is 424 g/mol. The van der Waals surface area contributed by atoms with E-state index in [0.29, 0.717) is 22.4 Å². The van der Waals surface area contributed by atoms with Crippen LogP contribution >= 0.6 is 23.4 Å². The summed E-state index contributed by atoms with van der Waals surface area (Å²) in [7, 11) is 5.08. The highest BCUT2D eigenvalue weighted by Gasteiger charge is 2.21. The van der Waals surface area contributed by atoms with Gasteiger partial charge in [0.2, 0.25) is 5.91 Å². The van der Waals surface area contributed by atoms with Gasteiger partial charge in [0.1, 0.15) is 5.15 Å². The summed E-state index contributed by atoms with van der Waals surface area (Å²) in [5.74, 6) is 1.92. The molecule has 164 valence electrons. The van der Waals surface area contributed by atoms with Gasteiger partial charge >= 0.3 is 0 Å². The van der Waals surface area contributed by atoms with Crippen molar-refractivity contribution in [2.45, 2.75) is 24.8 Å². The zero-order valence-corrected chi connectivity index (χ0v) is 19.6. The molecule has 0 atom stereocenters. The van der Waals surface area contributed by atoms with Gasteiger partial charge in [0.05, 0.1) is 25.7 Å². The van der Waals surface area contributed by atoms with Gasteiger partial charge in [-0.05, 0) is 31.5 Å². The van der Waals surface area contributed by atoms with E-state index in [-0.39, 0.29) is 5.91 Å². The Bertz CT molecular complexity index is 889. The molecule has 0 spiro atoms. The van der Waals surface area contributed by atoms with Crippen LogP contribution in [0.3, 0.4) is 0 Å². The van der Waals surface area contributed by atoms with Crippen molar-refractivity contribution >= 4 is 29.3 Å². The number of hydrogen-bond acceptors (Lipinski definition) is 6. The summed E-state index contributed by atoms with van der Waals surface area (Å²) in [6, 6.07) is 5.71. The van der Waals surface area contributed by atoms with Gasteiger partial charge in [-0.2, -0.15) is 5.10 Å². The third-order valence-corrected chi connectivity index (χ3v) is 6.76. The number of rotatable bonds is 7. The lowest BCUT2D eigenvalue weighted by molar-refractivity contribution is -0.128. The monoisotopic (exact) mass is 452 g/mol. The zero-order chi connectivity index (χ0) is 21.7. The normalized spacial score (nSPS) is 15.2. The molecule has 3 rings (SSSR count). The first-order chi connectivity index (χ1) is 14.4. The number of methoxy groups -OCH3 is 2. The van der Waals surface area contributed by atoms with Gasteiger partial charge in [-0.25, -0.2) is 0 Å². The van der Waals surface area contributed by atoms with Crippen LogP contribution in [0.5, 0.6) is 11.5 Å². The van der Waals surface area contributed by atoms with Crippen molar-refractivity contribution < 1.29 is 14.3 Å². The third kappa shape index (κ3) is 5.42. The number of benzene rings is 1. The summed E-state index contributed by atoms with van der Waals surface area (Å²) < 4.78 is 12.3. The maximum atomic E-state index is 12.8. The number of aryl methyl sites for hydroxylation is 2. The van der Waals surface area contributed by atoms with Crippen molar-refractivity contribution in [3.63, 3.8) is 0 Å². The largest absolute Gasteiger partial charge is 0.493 e. The molecule has 0 saturated carbocycles. The highest BCUT2D eigenvalue weighted by molar-refractivity contribution is 8.00. The van der Waals surface area contributed by atoms with Crippen LogP contribution in [-0.2, 0) is 18.4 Å². The summed E-state index contributed by atoms with van der Waals surface area (Å²) in [4.78, 5) is 18.1. The van der Waals surface area contributed by atoms with Crippen molar-refractivity contribution in [3.8, 4) is 11.5 Å². The molecule has 30 heavy (non-hydrogen) atoms. The Morgan fingerprint density at radius 1 is 1.17 bits per heavy atom. The number of carbonyl (C=O) groups excluding carboxylic acids is 1. The molecule has 9 heteroatoms. The van der Waals surface area contributed by atoms with E-state index in [0.717, 1.165) is 55.3 Å². The topological polar surface area (TPSA) is 59.8 Å². The molecule has 1 aliphatic rings. The second-order valence-electron chi connectivity index (χ2n) is 7.29. The molecule has 7 nitrogen and oxygen atoms in total. The first kappa shape index (κ1) is 22.8. The number of ether oxygens (including phenoxy) is 2. The molecule has 0 aliphatic carbocycles. The van der Waals surface area contributed by atoms with Crippen molar-refractivity contribution in [1.82, 2.24) is 19.6 Å². The summed E-state index contributed by atoms with van der Waals surface area (Å²) in [5.41, 5.74) is 2.04. The van der Waals surface area contributed by atoms with E-state index in [1.807, 2.05) is 37.1 Å². The van der Waals surface area contributed by atoms with Crippen LogP contribution in [0.15, 0.2) is 23.1 Å². The van der Waals surface area contributed by atoms with Crippen molar-refractivity contribution in [2.75, 3.05) is 46.2 Å². The molecule has 0 N–H and O–H groups in total. The maximum Gasteiger partial charge on any atom is 0.232 e. The molecule has 0 unspecified atom stereocenters. The van der Waals surface area contributed by atoms with E-state index in [1.54, 1.807) is 18.9 Å². The van der Waals surface area contributed by atoms with Crippen LogP contribution in [-0.4, -0.2) is 71.6 Å². The van der Waals surface area contributed by atoms with E-state index in [4.69, 9.17) is 21.1 Å². The quantitative estimate of drug-likeness (QED) is 0.601. The number of carbonyl (C=O) groups is 1. The Balaban J connectivity index is 1.53. The fraction of sp³-hybridized carbons (Fsp3) is 0.524. The SMILES string of the molecule is COc1ccc(SCC(=O)N2CCCN(Cc3c(C)nn(C)c3Cl)CC2)cc1OC. The molecule has 1 fully saturated rings. The smallest absolute Gasteiger partial charge is 0.232 e. The fourth-order valence-corrected chi connectivity index (χ4v) is 4.66. The molecule has 1 aliphatic heterocycles. The number of nitrogens with zero attached hydrogens (tertiary/aromatic N) is 4. The predicted molar refractivity (Wildman–Crippen MR) is 120 cm³/mol. The number of hydrogen-bond donors (Lipinski definition) is 0. The van der Waals surface area contributed by atoms with Crippen LogP contribution in [0.2, 0.25) is 5.15 Å². The lowest BCUT2D eigenvalue weighted by atomic mass is 10.2. The van der Waals surface area contributed by atoms with E-state index in [1.165, 1.54) is 11.8 Å². The Labute approximate surface area is 187 Å². The minimum Gasteiger partial charge on any atom is -0.493 e. The van der Waals surface area contributed by atoms with Gasteiger partial charge in [-0.15, -0.1) is 11.8 Å². The number of amides is 1. The minimum absolute atomic E-state index is 0.159. The molecule has 2 aromatic rings. The molecule has 1 aromatic heterocycles. The minimum atomic E-state index is 0.159. The van der Waals surface area contributed by atoms with E-state index in [2.05, 4.69) is 10.00 Å². The molecule has 1 saturated heterocycles. The number of aromatic nitrogens is 2. The van der Waals surface area contributed by atoms with Crippen LogP contribution in [0.1, 0.15) is 17.7 Å². The second-order valence-corrected chi connectivity index (χ2v) is 8.70. The van der Waals surface area contributed by atoms with Crippen LogP contribution in [0.4, 0.5) is 0 Å². The molecular formula is C21H29ClN4O3S. The number of halogens is 1. The van der Waals surface area contributed by atoms with Crippen LogP contribution in [0, 0.1) is 6.92 Å². The third-order valence-electron chi connectivity index (χ3n) is 5.31. The second kappa shape index (κ2) is 10.4. The van der Waals surface area contributed by atoms with Crippen molar-refractivity contribution in [3.05, 3.63) is 34.6 Å². The highest BCUT2D eigenvalue weighted by atomic mass is 35.5. The average molecular weight is 453 g/mol. The van der Waals surface area contributed by atoms with Crippen molar-refractivity contribution in [2.24, 2.45) is 7.05 Å². The van der Waals surface area contributed by atoms with Gasteiger partial charge in [0.15, 0.2) is 11.5 Å². The van der Waals surface area contributed by atoms with Gasteiger partial charge in [-0.3, -0.25) is 14.4 Å². The molecule has 0 bridgehead atoms. The van der Waals surface area contributed by atoms with Crippen LogP contribution in [0.25, 0.3) is 0 Å². The summed E-state index contributed by atoms with van der Waals surface area (Å²) >= 11 is 7.90.